The van der Waals surface area contributed by atoms with Crippen LogP contribution in [0.4, 0.5) is 0 Å². The Labute approximate surface area is 135 Å². The molecule has 1 aliphatic carbocycles. The molecule has 0 saturated carbocycles. The number of fused-ring (bicyclic) bond motifs is 1. The Morgan fingerprint density at radius 2 is 2.00 bits per heavy atom. The maximum absolute atomic E-state index is 11.9. The maximum Gasteiger partial charge on any atom is 0.334 e. The van der Waals surface area contributed by atoms with Crippen molar-refractivity contribution >= 4 is 11.9 Å². The number of hydrogen-bond acceptors (Lipinski definition) is 6. The van der Waals surface area contributed by atoms with E-state index in [0.717, 1.165) is 5.57 Å². The standard InChI is InChI=1S/C17H22O6/c1-8-5-12(19)16(20)9(2)7-14(22-11(4)18)15-10(3)17(21)23-13(15)6-8/h6,12-16,19-20H,2-3,5,7H2,1,4H3/t12-,13+,14-,15-,16+/m0/s1. The highest BCUT2D eigenvalue weighted by atomic mass is 16.6. The molecule has 0 amide bonds. The first kappa shape index (κ1) is 17.4. The summed E-state index contributed by atoms with van der Waals surface area (Å²) >= 11 is 0. The van der Waals surface area contributed by atoms with Crippen LogP contribution in [0.5, 0.6) is 0 Å². The Balaban J connectivity index is 2.44. The van der Waals surface area contributed by atoms with Crippen molar-refractivity contribution in [2.45, 2.75) is 51.1 Å². The van der Waals surface area contributed by atoms with Crippen molar-refractivity contribution in [3.63, 3.8) is 0 Å². The molecule has 0 spiro atoms. The van der Waals surface area contributed by atoms with Crippen molar-refractivity contribution < 1.29 is 29.3 Å². The average Bonchev–Trinajstić information content (AvgIpc) is 2.70. The van der Waals surface area contributed by atoms with Crippen molar-refractivity contribution in [3.8, 4) is 0 Å². The monoisotopic (exact) mass is 322 g/mol. The molecule has 5 atom stereocenters. The number of ether oxygens (including phenoxy) is 2. The molecule has 6 heteroatoms. The summed E-state index contributed by atoms with van der Waals surface area (Å²) < 4.78 is 10.6. The van der Waals surface area contributed by atoms with Gasteiger partial charge in [-0.2, -0.15) is 0 Å². The molecule has 1 aliphatic heterocycles. The van der Waals surface area contributed by atoms with Gasteiger partial charge in [-0.25, -0.2) is 4.79 Å². The summed E-state index contributed by atoms with van der Waals surface area (Å²) in [6, 6.07) is 0. The number of aliphatic hydroxyl groups is 2. The zero-order valence-electron chi connectivity index (χ0n) is 13.3. The Hall–Kier alpha value is -1.92. The average molecular weight is 322 g/mol. The van der Waals surface area contributed by atoms with E-state index in [9.17, 15) is 19.8 Å². The number of carbonyl (C=O) groups is 2. The molecule has 0 aromatic heterocycles. The molecule has 1 fully saturated rings. The third kappa shape index (κ3) is 3.71. The molecule has 2 rings (SSSR count). The van der Waals surface area contributed by atoms with Gasteiger partial charge >= 0.3 is 11.9 Å². The van der Waals surface area contributed by atoms with Crippen LogP contribution in [0.1, 0.15) is 26.7 Å². The molecule has 2 N–H and O–H groups in total. The normalized spacial score (nSPS) is 35.2. The van der Waals surface area contributed by atoms with Gasteiger partial charge < -0.3 is 19.7 Å². The van der Waals surface area contributed by atoms with Crippen LogP contribution in [0.3, 0.4) is 0 Å². The lowest BCUT2D eigenvalue weighted by molar-refractivity contribution is -0.149. The van der Waals surface area contributed by atoms with E-state index in [1.165, 1.54) is 6.92 Å². The summed E-state index contributed by atoms with van der Waals surface area (Å²) in [6.07, 6.45) is -1.47. The fourth-order valence-electron chi connectivity index (χ4n) is 3.08. The van der Waals surface area contributed by atoms with Crippen molar-refractivity contribution in [2.75, 3.05) is 0 Å². The number of aliphatic hydroxyl groups excluding tert-OH is 2. The molecule has 1 heterocycles. The Bertz CT molecular complexity index is 576. The minimum Gasteiger partial charge on any atom is -0.461 e. The van der Waals surface area contributed by atoms with Gasteiger partial charge in [-0.05, 0) is 25.0 Å². The van der Waals surface area contributed by atoms with Gasteiger partial charge in [0.05, 0.1) is 12.0 Å². The molecular weight excluding hydrogens is 300 g/mol. The van der Waals surface area contributed by atoms with Gasteiger partial charge in [0.25, 0.3) is 0 Å². The third-order valence-corrected chi connectivity index (χ3v) is 4.21. The van der Waals surface area contributed by atoms with Crippen LogP contribution in [-0.4, -0.2) is 46.6 Å². The molecule has 1 saturated heterocycles. The van der Waals surface area contributed by atoms with E-state index in [-0.39, 0.29) is 18.4 Å². The second-order valence-electron chi connectivity index (χ2n) is 6.16. The topological polar surface area (TPSA) is 93.1 Å². The molecule has 2 aliphatic rings. The first-order valence-electron chi connectivity index (χ1n) is 7.48. The summed E-state index contributed by atoms with van der Waals surface area (Å²) in [5, 5.41) is 20.2. The molecule has 126 valence electrons. The zero-order valence-corrected chi connectivity index (χ0v) is 13.3. The molecule has 0 unspecified atom stereocenters. The fraction of sp³-hybridized carbons (Fsp3) is 0.529. The van der Waals surface area contributed by atoms with Crippen LogP contribution in [-0.2, 0) is 19.1 Å². The number of hydrogen-bond donors (Lipinski definition) is 2. The predicted molar refractivity (Wildman–Crippen MR) is 82.2 cm³/mol. The molecular formula is C17H22O6. The first-order chi connectivity index (χ1) is 10.7. The lowest BCUT2D eigenvalue weighted by Gasteiger charge is -2.30. The summed E-state index contributed by atoms with van der Waals surface area (Å²) in [5.41, 5.74) is 1.32. The van der Waals surface area contributed by atoms with E-state index in [4.69, 9.17) is 9.47 Å². The van der Waals surface area contributed by atoms with E-state index in [2.05, 4.69) is 13.2 Å². The second-order valence-corrected chi connectivity index (χ2v) is 6.16. The number of rotatable bonds is 1. The molecule has 0 bridgehead atoms. The van der Waals surface area contributed by atoms with Gasteiger partial charge in [-0.1, -0.05) is 18.7 Å². The van der Waals surface area contributed by atoms with E-state index in [1.807, 2.05) is 0 Å². The summed E-state index contributed by atoms with van der Waals surface area (Å²) in [7, 11) is 0. The van der Waals surface area contributed by atoms with Crippen LogP contribution in [0.15, 0.2) is 36.0 Å². The van der Waals surface area contributed by atoms with Crippen LogP contribution < -0.4 is 0 Å². The quantitative estimate of drug-likeness (QED) is 0.425. The van der Waals surface area contributed by atoms with Crippen LogP contribution in [0.2, 0.25) is 0 Å². The molecule has 0 radical (unpaired) electrons. The lowest BCUT2D eigenvalue weighted by atomic mass is 9.83. The highest BCUT2D eigenvalue weighted by Gasteiger charge is 2.45. The Morgan fingerprint density at radius 3 is 2.61 bits per heavy atom. The number of esters is 2. The van der Waals surface area contributed by atoms with Crippen LogP contribution in [0, 0.1) is 5.92 Å². The van der Waals surface area contributed by atoms with Gasteiger partial charge in [0.2, 0.25) is 0 Å². The first-order valence-corrected chi connectivity index (χ1v) is 7.48. The van der Waals surface area contributed by atoms with Gasteiger partial charge in [-0.3, -0.25) is 4.79 Å². The Kier molecular flexibility index (Phi) is 5.06. The van der Waals surface area contributed by atoms with Crippen molar-refractivity contribution in [2.24, 2.45) is 5.92 Å². The summed E-state index contributed by atoms with van der Waals surface area (Å²) in [4.78, 5) is 23.3. The molecule has 6 nitrogen and oxygen atoms in total. The minimum atomic E-state index is -1.14. The predicted octanol–water partition coefficient (Wildman–Crippen LogP) is 1.03. The van der Waals surface area contributed by atoms with E-state index in [1.54, 1.807) is 13.0 Å². The summed E-state index contributed by atoms with van der Waals surface area (Å²) in [6.45, 7) is 10.6. The summed E-state index contributed by atoms with van der Waals surface area (Å²) in [5.74, 6) is -1.59. The highest BCUT2D eigenvalue weighted by Crippen LogP contribution is 2.36. The number of carbonyl (C=O) groups excluding carboxylic acids is 2. The largest absolute Gasteiger partial charge is 0.461 e. The van der Waals surface area contributed by atoms with Gasteiger partial charge in [-0.15, -0.1) is 0 Å². The van der Waals surface area contributed by atoms with Crippen molar-refractivity contribution in [1.82, 2.24) is 0 Å². The van der Waals surface area contributed by atoms with Crippen molar-refractivity contribution in [1.29, 1.82) is 0 Å². The lowest BCUT2D eigenvalue weighted by Crippen LogP contribution is -2.37. The maximum atomic E-state index is 11.9. The minimum absolute atomic E-state index is 0.113. The van der Waals surface area contributed by atoms with E-state index < -0.39 is 42.3 Å². The Morgan fingerprint density at radius 1 is 1.35 bits per heavy atom. The van der Waals surface area contributed by atoms with Gasteiger partial charge in [0.1, 0.15) is 18.3 Å². The zero-order chi connectivity index (χ0) is 17.3. The SMILES string of the molecule is C=C1C(=O)O[C@@H]2C=C(C)C[C@H](O)[C@H](O)C(=C)C[C@H](OC(C)=O)[C@@H]12. The third-order valence-electron chi connectivity index (χ3n) is 4.21. The molecule has 0 aromatic carbocycles. The van der Waals surface area contributed by atoms with E-state index in [0.29, 0.717) is 5.57 Å². The van der Waals surface area contributed by atoms with Crippen LogP contribution in [0.25, 0.3) is 0 Å². The van der Waals surface area contributed by atoms with E-state index >= 15 is 0 Å². The fourth-order valence-corrected chi connectivity index (χ4v) is 3.08. The van der Waals surface area contributed by atoms with Crippen molar-refractivity contribution in [3.05, 3.63) is 36.0 Å². The molecule has 23 heavy (non-hydrogen) atoms. The van der Waals surface area contributed by atoms with Gasteiger partial charge in [0.15, 0.2) is 0 Å². The van der Waals surface area contributed by atoms with Crippen LogP contribution >= 0.6 is 0 Å². The highest BCUT2D eigenvalue weighted by molar-refractivity contribution is 5.91. The second kappa shape index (κ2) is 6.68. The smallest absolute Gasteiger partial charge is 0.334 e. The molecule has 0 aromatic rings. The van der Waals surface area contributed by atoms with Gasteiger partial charge in [0, 0.05) is 18.9 Å².